The largest absolute Gasteiger partial charge is 0.507 e. The van der Waals surface area contributed by atoms with Crippen molar-refractivity contribution in [3.63, 3.8) is 0 Å². The van der Waals surface area contributed by atoms with Gasteiger partial charge in [0.15, 0.2) is 0 Å². The van der Waals surface area contributed by atoms with E-state index in [-0.39, 0.29) is 5.92 Å². The molecule has 2 heteroatoms. The van der Waals surface area contributed by atoms with E-state index in [2.05, 4.69) is 18.2 Å². The van der Waals surface area contributed by atoms with E-state index in [1.165, 1.54) is 0 Å². The molecule has 1 aliphatic carbocycles. The quantitative estimate of drug-likeness (QED) is 0.808. The van der Waals surface area contributed by atoms with Crippen LogP contribution in [0.5, 0.6) is 5.75 Å². The second kappa shape index (κ2) is 6.39. The summed E-state index contributed by atoms with van der Waals surface area (Å²) in [6.45, 7) is 2.49. The van der Waals surface area contributed by atoms with Gasteiger partial charge in [-0.05, 0) is 30.9 Å². The highest BCUT2D eigenvalue weighted by atomic mass is 16.3. The summed E-state index contributed by atoms with van der Waals surface area (Å²) < 4.78 is 0. The summed E-state index contributed by atoms with van der Waals surface area (Å²) in [4.78, 5) is 0. The van der Waals surface area contributed by atoms with Crippen molar-refractivity contribution >= 4 is 0 Å². The topological polar surface area (TPSA) is 46.2 Å². The van der Waals surface area contributed by atoms with Crippen LogP contribution in [-0.4, -0.2) is 5.11 Å². The molecule has 0 saturated carbocycles. The molecule has 0 amide bonds. The van der Waals surface area contributed by atoms with Crippen LogP contribution in [0.25, 0.3) is 0 Å². The van der Waals surface area contributed by atoms with Crippen molar-refractivity contribution in [2.45, 2.75) is 32.2 Å². The lowest BCUT2D eigenvalue weighted by Crippen LogP contribution is -2.04. The van der Waals surface area contributed by atoms with Crippen molar-refractivity contribution in [3.8, 4) is 5.75 Å². The molecular weight excluding hydrogens is 234 g/mol. The van der Waals surface area contributed by atoms with E-state index in [0.717, 1.165) is 29.5 Å². The maximum atomic E-state index is 10.5. The standard InChI is InChI=1S/C17H21NO/c1-2-3-7-15-10-13(12-18)11-16(17(15)19)14-8-5-4-6-9-14/h2-6,8,10-11,14,19H,7,9,12,18H2,1H3. The van der Waals surface area contributed by atoms with Crippen LogP contribution in [0.3, 0.4) is 0 Å². The van der Waals surface area contributed by atoms with E-state index < -0.39 is 0 Å². The first-order valence-corrected chi connectivity index (χ1v) is 6.75. The van der Waals surface area contributed by atoms with Crippen LogP contribution < -0.4 is 5.73 Å². The minimum Gasteiger partial charge on any atom is -0.507 e. The summed E-state index contributed by atoms with van der Waals surface area (Å²) in [5, 5.41) is 10.5. The van der Waals surface area contributed by atoms with E-state index >= 15 is 0 Å². The highest BCUT2D eigenvalue weighted by molar-refractivity contribution is 5.48. The van der Waals surface area contributed by atoms with Gasteiger partial charge in [0, 0.05) is 18.0 Å². The monoisotopic (exact) mass is 255 g/mol. The molecule has 0 fully saturated rings. The predicted molar refractivity (Wildman–Crippen MR) is 80.2 cm³/mol. The summed E-state index contributed by atoms with van der Waals surface area (Å²) in [5.74, 6) is 0.668. The molecule has 0 spiro atoms. The Labute approximate surface area is 115 Å². The first-order valence-electron chi connectivity index (χ1n) is 6.75. The van der Waals surface area contributed by atoms with E-state index in [9.17, 15) is 5.11 Å². The second-order valence-corrected chi connectivity index (χ2v) is 4.83. The zero-order valence-electron chi connectivity index (χ0n) is 11.3. The van der Waals surface area contributed by atoms with Crippen LogP contribution in [0.15, 0.2) is 48.6 Å². The summed E-state index contributed by atoms with van der Waals surface area (Å²) in [5.41, 5.74) is 8.79. The minimum absolute atomic E-state index is 0.251. The molecular formula is C17H21NO. The van der Waals surface area contributed by atoms with Gasteiger partial charge in [0.1, 0.15) is 5.75 Å². The van der Waals surface area contributed by atoms with E-state index in [1.54, 1.807) is 0 Å². The van der Waals surface area contributed by atoms with Crippen LogP contribution in [0, 0.1) is 0 Å². The van der Waals surface area contributed by atoms with E-state index in [0.29, 0.717) is 12.3 Å². The number of hydrogen-bond donors (Lipinski definition) is 2. The number of phenols is 1. The van der Waals surface area contributed by atoms with Crippen LogP contribution in [0.4, 0.5) is 0 Å². The molecule has 1 unspecified atom stereocenters. The molecule has 2 nitrogen and oxygen atoms in total. The average Bonchev–Trinajstić information content (AvgIpc) is 2.47. The maximum absolute atomic E-state index is 10.5. The van der Waals surface area contributed by atoms with Crippen LogP contribution >= 0.6 is 0 Å². The molecule has 100 valence electrons. The number of allylic oxidation sites excluding steroid dienone is 6. The average molecular weight is 255 g/mol. The van der Waals surface area contributed by atoms with Crippen LogP contribution in [0.2, 0.25) is 0 Å². The minimum atomic E-state index is 0.251. The first-order chi connectivity index (χ1) is 9.26. The first kappa shape index (κ1) is 13.6. The molecule has 1 aromatic rings. The Balaban J connectivity index is 2.40. The molecule has 2 rings (SSSR count). The van der Waals surface area contributed by atoms with Gasteiger partial charge in [-0.3, -0.25) is 0 Å². The SMILES string of the molecule is CC=CCc1cc(CN)cc(C2C=CC=CC2)c1O. The fourth-order valence-corrected chi connectivity index (χ4v) is 2.40. The molecule has 0 heterocycles. The second-order valence-electron chi connectivity index (χ2n) is 4.83. The molecule has 1 aliphatic rings. The molecule has 1 atom stereocenters. The number of hydrogen-bond acceptors (Lipinski definition) is 2. The third-order valence-electron chi connectivity index (χ3n) is 3.47. The fraction of sp³-hybridized carbons (Fsp3) is 0.294. The fourth-order valence-electron chi connectivity index (χ4n) is 2.40. The molecule has 0 radical (unpaired) electrons. The molecule has 3 N–H and O–H groups in total. The lowest BCUT2D eigenvalue weighted by Gasteiger charge is -2.18. The molecule has 0 bridgehead atoms. The van der Waals surface area contributed by atoms with Crippen molar-refractivity contribution < 1.29 is 5.11 Å². The lowest BCUT2D eigenvalue weighted by molar-refractivity contribution is 0.459. The maximum Gasteiger partial charge on any atom is 0.122 e. The molecule has 0 saturated heterocycles. The van der Waals surface area contributed by atoms with Gasteiger partial charge in [-0.2, -0.15) is 0 Å². The van der Waals surface area contributed by atoms with Crippen molar-refractivity contribution in [1.29, 1.82) is 0 Å². The Bertz CT molecular complexity index is 526. The van der Waals surface area contributed by atoms with Gasteiger partial charge in [-0.1, -0.05) is 48.6 Å². The van der Waals surface area contributed by atoms with Gasteiger partial charge in [0.2, 0.25) is 0 Å². The Hall–Kier alpha value is -1.80. The number of phenolic OH excluding ortho intramolecular Hbond substituents is 1. The number of nitrogens with two attached hydrogens (primary N) is 1. The van der Waals surface area contributed by atoms with Crippen molar-refractivity contribution in [2.24, 2.45) is 5.73 Å². The Morgan fingerprint density at radius 1 is 1.37 bits per heavy atom. The van der Waals surface area contributed by atoms with Crippen molar-refractivity contribution in [1.82, 2.24) is 0 Å². The number of aromatic hydroxyl groups is 1. The lowest BCUT2D eigenvalue weighted by atomic mass is 9.88. The van der Waals surface area contributed by atoms with Gasteiger partial charge >= 0.3 is 0 Å². The Kier molecular flexibility index (Phi) is 4.58. The smallest absolute Gasteiger partial charge is 0.122 e. The number of benzene rings is 1. The molecule has 19 heavy (non-hydrogen) atoms. The molecule has 1 aromatic carbocycles. The Morgan fingerprint density at radius 2 is 2.21 bits per heavy atom. The van der Waals surface area contributed by atoms with Crippen molar-refractivity contribution in [2.75, 3.05) is 0 Å². The molecule has 0 aromatic heterocycles. The summed E-state index contributed by atoms with van der Waals surface area (Å²) in [6.07, 6.45) is 14.1. The highest BCUT2D eigenvalue weighted by Crippen LogP contribution is 2.35. The van der Waals surface area contributed by atoms with Gasteiger partial charge in [0.25, 0.3) is 0 Å². The third kappa shape index (κ3) is 3.15. The third-order valence-corrected chi connectivity index (χ3v) is 3.47. The van der Waals surface area contributed by atoms with E-state index in [1.807, 2.05) is 37.3 Å². The van der Waals surface area contributed by atoms with Gasteiger partial charge in [-0.15, -0.1) is 0 Å². The zero-order chi connectivity index (χ0) is 13.7. The van der Waals surface area contributed by atoms with Gasteiger partial charge in [-0.25, -0.2) is 0 Å². The highest BCUT2D eigenvalue weighted by Gasteiger charge is 2.16. The van der Waals surface area contributed by atoms with Gasteiger partial charge in [0.05, 0.1) is 0 Å². The number of rotatable bonds is 4. The van der Waals surface area contributed by atoms with Crippen LogP contribution in [0.1, 0.15) is 36.0 Å². The molecule has 0 aliphatic heterocycles. The van der Waals surface area contributed by atoms with Gasteiger partial charge < -0.3 is 10.8 Å². The summed E-state index contributed by atoms with van der Waals surface area (Å²) in [6, 6.07) is 4.03. The normalized spacial score (nSPS) is 18.3. The Morgan fingerprint density at radius 3 is 2.84 bits per heavy atom. The van der Waals surface area contributed by atoms with E-state index in [4.69, 9.17) is 5.73 Å². The van der Waals surface area contributed by atoms with Crippen LogP contribution in [-0.2, 0) is 13.0 Å². The predicted octanol–water partition coefficient (Wildman–Crippen LogP) is 3.57. The summed E-state index contributed by atoms with van der Waals surface area (Å²) >= 11 is 0. The summed E-state index contributed by atoms with van der Waals surface area (Å²) in [7, 11) is 0. The van der Waals surface area contributed by atoms with Crippen molar-refractivity contribution in [3.05, 3.63) is 65.3 Å². The zero-order valence-corrected chi connectivity index (χ0v) is 11.3.